The summed E-state index contributed by atoms with van der Waals surface area (Å²) in [4.78, 5) is 51.9. The first-order valence-corrected chi connectivity index (χ1v) is 18.6. The molecule has 2 fully saturated rings. The lowest BCUT2D eigenvalue weighted by Crippen LogP contribution is -2.74. The summed E-state index contributed by atoms with van der Waals surface area (Å²) in [7, 11) is 0. The molecular formula is C40H53ClN4O9. The zero-order chi connectivity index (χ0) is 40.0. The normalized spacial score (nSPS) is 22.0. The Labute approximate surface area is 322 Å². The van der Waals surface area contributed by atoms with Crippen LogP contribution in [0.15, 0.2) is 42.5 Å². The first kappa shape index (κ1) is 42.4. The molecule has 1 heterocycles. The molecule has 0 radical (unpaired) electrons. The Morgan fingerprint density at radius 1 is 1.00 bits per heavy atom. The Morgan fingerprint density at radius 3 is 2.22 bits per heavy atom. The molecule has 1 saturated carbocycles. The van der Waals surface area contributed by atoms with Crippen molar-refractivity contribution < 1.29 is 43.6 Å². The molecule has 54 heavy (non-hydrogen) atoms. The van der Waals surface area contributed by atoms with Crippen LogP contribution in [0.2, 0.25) is 5.02 Å². The number of amides is 3. The summed E-state index contributed by atoms with van der Waals surface area (Å²) >= 11 is 6.21. The molecule has 1 saturated heterocycles. The fourth-order valence-corrected chi connectivity index (χ4v) is 7.87. The van der Waals surface area contributed by atoms with E-state index in [1.165, 1.54) is 0 Å². The van der Waals surface area contributed by atoms with Gasteiger partial charge in [-0.05, 0) is 61.1 Å². The zero-order valence-corrected chi connectivity index (χ0v) is 32.9. The zero-order valence-electron chi connectivity index (χ0n) is 32.1. The highest BCUT2D eigenvalue weighted by molar-refractivity contribution is 6.31. The number of unbranched alkanes of at least 4 members (excludes halogenated alkanes) is 2. The minimum absolute atomic E-state index is 0.0533. The molecule has 2 aromatic rings. The summed E-state index contributed by atoms with van der Waals surface area (Å²) < 4.78 is 17.7. The van der Waals surface area contributed by atoms with E-state index in [1.54, 1.807) is 63.2 Å². The maximum Gasteiger partial charge on any atom is 0.326 e. The Morgan fingerprint density at radius 2 is 1.63 bits per heavy atom. The standard InChI is InChI=1S/C40H53ClN4O9/c1-38(2,3)32(34(49)45-22-26(46)19-30(45)35(50)51)43-31(47)23-52-17-9-8-10-18-53-27-14-11-24(12-15-27)33(48)44-36-39(4,5)37(40(36,6)7)54-28-16-13-25(21-42)29(41)20-28/h11-16,20,26,30,32,36-37,46H,8-10,17-19,22-23H2,1-7H3,(H,43,47)(H,44,48)(H,50,51)/t26-,30+,32-,36-,37-/m1/s1. The van der Waals surface area contributed by atoms with Gasteiger partial charge in [-0.15, -0.1) is 0 Å². The van der Waals surface area contributed by atoms with Crippen molar-refractivity contribution in [1.29, 1.82) is 5.26 Å². The van der Waals surface area contributed by atoms with E-state index in [4.69, 9.17) is 31.1 Å². The maximum atomic E-state index is 13.2. The van der Waals surface area contributed by atoms with Gasteiger partial charge in [0.2, 0.25) is 11.8 Å². The summed E-state index contributed by atoms with van der Waals surface area (Å²) in [5, 5.41) is 34.8. The molecule has 4 rings (SSSR count). The van der Waals surface area contributed by atoms with Gasteiger partial charge in [0.15, 0.2) is 0 Å². The summed E-state index contributed by atoms with van der Waals surface area (Å²) in [6.07, 6.45) is 1.02. The molecule has 0 spiro atoms. The van der Waals surface area contributed by atoms with E-state index >= 15 is 0 Å². The van der Waals surface area contributed by atoms with Gasteiger partial charge >= 0.3 is 5.97 Å². The number of nitriles is 1. The van der Waals surface area contributed by atoms with Crippen molar-refractivity contribution in [1.82, 2.24) is 15.5 Å². The van der Waals surface area contributed by atoms with Gasteiger partial charge in [0, 0.05) is 48.1 Å². The van der Waals surface area contributed by atoms with E-state index in [2.05, 4.69) is 38.3 Å². The smallest absolute Gasteiger partial charge is 0.326 e. The molecule has 14 heteroatoms. The van der Waals surface area contributed by atoms with Gasteiger partial charge < -0.3 is 40.0 Å². The van der Waals surface area contributed by atoms with Gasteiger partial charge in [-0.3, -0.25) is 14.4 Å². The highest BCUT2D eigenvalue weighted by atomic mass is 35.5. The van der Waals surface area contributed by atoms with Gasteiger partial charge in [-0.25, -0.2) is 4.79 Å². The van der Waals surface area contributed by atoms with Gasteiger partial charge in [0.05, 0.1) is 23.3 Å². The van der Waals surface area contributed by atoms with E-state index in [9.17, 15) is 29.4 Å². The number of aliphatic hydroxyl groups is 1. The molecule has 1 aliphatic carbocycles. The van der Waals surface area contributed by atoms with E-state index < -0.39 is 41.4 Å². The number of carbonyl (C=O) groups is 4. The second-order valence-corrected chi connectivity index (χ2v) is 16.8. The summed E-state index contributed by atoms with van der Waals surface area (Å²) in [6, 6.07) is 11.7. The number of aliphatic carboxylic acids is 1. The quantitative estimate of drug-likeness (QED) is 0.170. The van der Waals surface area contributed by atoms with Crippen LogP contribution in [-0.4, -0.2) is 95.5 Å². The molecular weight excluding hydrogens is 716 g/mol. The number of carboxylic acid groups (broad SMARTS) is 1. The van der Waals surface area contributed by atoms with Crippen LogP contribution in [0.5, 0.6) is 11.5 Å². The Balaban J connectivity index is 1.14. The van der Waals surface area contributed by atoms with Crippen molar-refractivity contribution in [2.45, 2.75) is 104 Å². The van der Waals surface area contributed by atoms with E-state index in [0.29, 0.717) is 47.3 Å². The van der Waals surface area contributed by atoms with Crippen molar-refractivity contribution in [3.8, 4) is 17.6 Å². The largest absolute Gasteiger partial charge is 0.494 e. The van der Waals surface area contributed by atoms with E-state index in [-0.39, 0.29) is 48.5 Å². The summed E-state index contributed by atoms with van der Waals surface area (Å²) in [5.74, 6) is -1.22. The van der Waals surface area contributed by atoms with E-state index in [0.717, 1.165) is 17.7 Å². The number of β-amino-alcohol motifs (C(OH)–C–C–N with tert-alkyl or cyclic N) is 1. The van der Waals surface area contributed by atoms with Gasteiger partial charge in [0.1, 0.15) is 42.4 Å². The molecule has 3 amide bonds. The van der Waals surface area contributed by atoms with Crippen LogP contribution in [0.3, 0.4) is 0 Å². The monoisotopic (exact) mass is 768 g/mol. The van der Waals surface area contributed by atoms with Crippen LogP contribution in [0.25, 0.3) is 0 Å². The fraction of sp³-hybridized carbons (Fsp3) is 0.575. The van der Waals surface area contributed by atoms with Crippen LogP contribution in [0, 0.1) is 27.6 Å². The molecule has 4 N–H and O–H groups in total. The number of nitrogens with zero attached hydrogens (tertiary/aromatic N) is 2. The van der Waals surface area contributed by atoms with E-state index in [1.807, 2.05) is 6.07 Å². The summed E-state index contributed by atoms with van der Waals surface area (Å²) in [6.45, 7) is 14.0. The van der Waals surface area contributed by atoms with Crippen molar-refractivity contribution in [2.75, 3.05) is 26.4 Å². The third kappa shape index (κ3) is 10.0. The first-order valence-electron chi connectivity index (χ1n) is 18.3. The molecule has 3 atom stereocenters. The first-order chi connectivity index (χ1) is 25.3. The van der Waals surface area contributed by atoms with Crippen LogP contribution in [0.1, 0.15) is 90.1 Å². The van der Waals surface area contributed by atoms with Gasteiger partial charge in [-0.2, -0.15) is 5.26 Å². The van der Waals surface area contributed by atoms with Crippen molar-refractivity contribution >= 4 is 35.3 Å². The minimum atomic E-state index is -1.20. The van der Waals surface area contributed by atoms with Crippen molar-refractivity contribution in [3.05, 3.63) is 58.6 Å². The number of hydrogen-bond acceptors (Lipinski definition) is 9. The molecule has 0 unspecified atom stereocenters. The Bertz CT molecular complexity index is 1700. The molecule has 0 aromatic heterocycles. The predicted molar refractivity (Wildman–Crippen MR) is 201 cm³/mol. The summed E-state index contributed by atoms with van der Waals surface area (Å²) in [5.41, 5.74) is -0.582. The number of likely N-dealkylation sites (tertiary alicyclic amines) is 1. The SMILES string of the molecule is CC(C)(C)[C@H](NC(=O)COCCCCCOc1ccc(C(=O)N[C@H]2C(C)(C)[C@H](Oc3ccc(C#N)c(Cl)c3)C2(C)C)cc1)C(=O)N1C[C@H](O)C[C@H]1C(=O)O. The molecule has 0 bridgehead atoms. The average Bonchev–Trinajstić information content (AvgIpc) is 3.50. The van der Waals surface area contributed by atoms with Crippen LogP contribution in [0.4, 0.5) is 0 Å². The lowest BCUT2D eigenvalue weighted by molar-refractivity contribution is -0.164. The van der Waals surface area contributed by atoms with Gasteiger partial charge in [-0.1, -0.05) is 60.1 Å². The number of nitrogens with one attached hydrogen (secondary N) is 2. The topological polar surface area (TPSA) is 188 Å². The van der Waals surface area contributed by atoms with Crippen molar-refractivity contribution in [2.24, 2.45) is 16.2 Å². The Hall–Kier alpha value is -4.38. The van der Waals surface area contributed by atoms with Gasteiger partial charge in [0.25, 0.3) is 5.91 Å². The molecule has 2 aliphatic rings. The van der Waals surface area contributed by atoms with Crippen LogP contribution in [-0.2, 0) is 19.1 Å². The Kier molecular flexibility index (Phi) is 13.6. The second kappa shape index (κ2) is 17.4. The number of benzene rings is 2. The number of hydrogen-bond donors (Lipinski definition) is 4. The number of rotatable bonds is 16. The van der Waals surface area contributed by atoms with Crippen LogP contribution >= 0.6 is 11.6 Å². The number of carbonyl (C=O) groups excluding carboxylic acids is 3. The number of aliphatic hydroxyl groups excluding tert-OH is 1. The minimum Gasteiger partial charge on any atom is -0.494 e. The molecule has 2 aromatic carbocycles. The molecule has 13 nitrogen and oxygen atoms in total. The highest BCUT2D eigenvalue weighted by Crippen LogP contribution is 2.55. The third-order valence-corrected chi connectivity index (χ3v) is 10.6. The second-order valence-electron chi connectivity index (χ2n) is 16.4. The van der Waals surface area contributed by atoms with Crippen LogP contribution < -0.4 is 20.1 Å². The average molecular weight is 769 g/mol. The maximum absolute atomic E-state index is 13.2. The highest BCUT2D eigenvalue weighted by Gasteiger charge is 2.64. The molecule has 294 valence electrons. The lowest BCUT2D eigenvalue weighted by Gasteiger charge is -2.63. The lowest BCUT2D eigenvalue weighted by atomic mass is 9.49. The number of ether oxygens (including phenoxy) is 3. The number of halogens is 1. The van der Waals surface area contributed by atoms with Crippen molar-refractivity contribution in [3.63, 3.8) is 0 Å². The number of carboxylic acids is 1. The molecule has 1 aliphatic heterocycles. The third-order valence-electron chi connectivity index (χ3n) is 10.2. The predicted octanol–water partition coefficient (Wildman–Crippen LogP) is 4.97. The fourth-order valence-electron chi connectivity index (χ4n) is 7.66.